The van der Waals surface area contributed by atoms with Gasteiger partial charge in [0.1, 0.15) is 11.6 Å². The fraction of sp³-hybridized carbons (Fsp3) is 0.200. The smallest absolute Gasteiger partial charge is 0.268 e. The van der Waals surface area contributed by atoms with E-state index >= 15 is 0 Å². The van der Waals surface area contributed by atoms with Crippen molar-refractivity contribution in [1.82, 2.24) is 9.36 Å². The van der Waals surface area contributed by atoms with E-state index in [9.17, 15) is 23.6 Å². The molecule has 0 fully saturated rings. The normalized spacial score (nSPS) is 11.7. The summed E-state index contributed by atoms with van der Waals surface area (Å²) in [5.74, 6) is -0.607. The summed E-state index contributed by atoms with van der Waals surface area (Å²) in [5, 5.41) is 20.8. The summed E-state index contributed by atoms with van der Waals surface area (Å²) < 4.78 is 31.6. The summed E-state index contributed by atoms with van der Waals surface area (Å²) >= 11 is 0.688. The third-order valence-corrected chi connectivity index (χ3v) is 4.51. The van der Waals surface area contributed by atoms with Gasteiger partial charge in [0.2, 0.25) is 15.0 Å². The van der Waals surface area contributed by atoms with Gasteiger partial charge in [-0.2, -0.15) is 14.6 Å². The summed E-state index contributed by atoms with van der Waals surface area (Å²) in [6, 6.07) is 6.13. The van der Waals surface area contributed by atoms with Gasteiger partial charge in [0.05, 0.1) is 6.61 Å². The lowest BCUT2D eigenvalue weighted by Gasteiger charge is -2.06. The Labute approximate surface area is 153 Å². The second kappa shape index (κ2) is 7.94. The van der Waals surface area contributed by atoms with Crippen molar-refractivity contribution >= 4 is 38.5 Å². The predicted molar refractivity (Wildman–Crippen MR) is 94.5 cm³/mol. The molecule has 11 heteroatoms. The number of rotatable bonds is 6. The summed E-state index contributed by atoms with van der Waals surface area (Å²) in [7, 11) is -3.59. The van der Waals surface area contributed by atoms with Gasteiger partial charge in [-0.15, -0.1) is 0 Å². The van der Waals surface area contributed by atoms with Crippen LogP contribution in [0.4, 0.5) is 5.13 Å². The number of nitrogens with one attached hydrogen (secondary N) is 1. The highest BCUT2D eigenvalue weighted by atomic mass is 32.2. The third kappa shape index (κ3) is 4.78. The van der Waals surface area contributed by atoms with Crippen molar-refractivity contribution in [2.45, 2.75) is 12.1 Å². The average Bonchev–Trinajstić information content (AvgIpc) is 3.04. The molecular formula is C15H14N4O5S2. The van der Waals surface area contributed by atoms with Crippen LogP contribution in [0.2, 0.25) is 0 Å². The molecule has 0 spiro atoms. The Morgan fingerprint density at radius 2 is 2.23 bits per heavy atom. The van der Waals surface area contributed by atoms with Crippen LogP contribution in [-0.2, 0) is 14.6 Å². The number of nitriles is 1. The lowest BCUT2D eigenvalue weighted by molar-refractivity contribution is -0.112. The van der Waals surface area contributed by atoms with E-state index in [-0.39, 0.29) is 22.2 Å². The minimum Gasteiger partial charge on any atom is -0.504 e. The quantitative estimate of drug-likeness (QED) is 0.555. The first kappa shape index (κ1) is 19.4. The fourth-order valence-electron chi connectivity index (χ4n) is 1.78. The number of phenols is 1. The summed E-state index contributed by atoms with van der Waals surface area (Å²) in [6.07, 6.45) is 2.25. The molecule has 2 rings (SSSR count). The van der Waals surface area contributed by atoms with Crippen LogP contribution in [0.25, 0.3) is 6.08 Å². The van der Waals surface area contributed by atoms with Crippen molar-refractivity contribution in [3.05, 3.63) is 29.3 Å². The zero-order valence-electron chi connectivity index (χ0n) is 13.8. The molecule has 1 heterocycles. The number of nitrogens with zero attached hydrogens (tertiary/aromatic N) is 3. The highest BCUT2D eigenvalue weighted by molar-refractivity contribution is 7.90. The molecule has 0 saturated heterocycles. The molecule has 136 valence electrons. The van der Waals surface area contributed by atoms with Gasteiger partial charge in [-0.3, -0.25) is 10.1 Å². The first-order valence-electron chi connectivity index (χ1n) is 7.17. The molecule has 0 aliphatic carbocycles. The van der Waals surface area contributed by atoms with Gasteiger partial charge in [-0.25, -0.2) is 8.42 Å². The van der Waals surface area contributed by atoms with Gasteiger partial charge in [0, 0.05) is 17.8 Å². The maximum absolute atomic E-state index is 12.2. The summed E-state index contributed by atoms with van der Waals surface area (Å²) in [6.45, 7) is 2.09. The lowest BCUT2D eigenvalue weighted by Crippen LogP contribution is -2.13. The number of phenolic OH excluding ortho intramolecular Hbond substituents is 1. The molecule has 0 radical (unpaired) electrons. The van der Waals surface area contributed by atoms with E-state index in [0.29, 0.717) is 23.7 Å². The van der Waals surface area contributed by atoms with Crippen molar-refractivity contribution in [2.75, 3.05) is 18.2 Å². The number of hydrogen-bond donors (Lipinski definition) is 2. The Balaban J connectivity index is 2.23. The minimum absolute atomic E-state index is 0.0442. The van der Waals surface area contributed by atoms with E-state index < -0.39 is 20.9 Å². The van der Waals surface area contributed by atoms with Crippen LogP contribution >= 0.6 is 11.5 Å². The SMILES string of the molecule is CCOc1cc(/C=C(/C#N)C(=O)Nc2nc(S(C)(=O)=O)ns2)ccc1O. The highest BCUT2D eigenvalue weighted by Crippen LogP contribution is 2.28. The zero-order chi connectivity index (χ0) is 19.3. The molecule has 9 nitrogen and oxygen atoms in total. The second-order valence-electron chi connectivity index (χ2n) is 4.94. The van der Waals surface area contributed by atoms with E-state index in [0.717, 1.165) is 6.26 Å². The Kier molecular flexibility index (Phi) is 5.91. The van der Waals surface area contributed by atoms with Gasteiger partial charge in [-0.05, 0) is 30.7 Å². The monoisotopic (exact) mass is 394 g/mol. The largest absolute Gasteiger partial charge is 0.504 e. The van der Waals surface area contributed by atoms with Crippen LogP contribution in [0, 0.1) is 11.3 Å². The second-order valence-corrected chi connectivity index (χ2v) is 7.60. The first-order valence-corrected chi connectivity index (χ1v) is 9.83. The molecule has 2 N–H and O–H groups in total. The van der Waals surface area contributed by atoms with Crippen LogP contribution in [0.5, 0.6) is 11.5 Å². The predicted octanol–water partition coefficient (Wildman–Crippen LogP) is 1.59. The number of carbonyl (C=O) groups is 1. The van der Waals surface area contributed by atoms with Gasteiger partial charge in [0.25, 0.3) is 11.1 Å². The van der Waals surface area contributed by atoms with Crippen molar-refractivity contribution in [3.8, 4) is 17.6 Å². The molecule has 1 aromatic heterocycles. The first-order chi connectivity index (χ1) is 12.2. The molecule has 0 aliphatic heterocycles. The van der Waals surface area contributed by atoms with E-state index in [1.54, 1.807) is 13.0 Å². The fourth-order valence-corrected chi connectivity index (χ4v) is 3.22. The third-order valence-electron chi connectivity index (χ3n) is 2.92. The lowest BCUT2D eigenvalue weighted by atomic mass is 10.1. The van der Waals surface area contributed by atoms with E-state index in [1.165, 1.54) is 24.3 Å². The van der Waals surface area contributed by atoms with E-state index in [1.807, 2.05) is 0 Å². The number of aromatic hydroxyl groups is 1. The number of anilines is 1. The Bertz CT molecular complexity index is 1010. The zero-order valence-corrected chi connectivity index (χ0v) is 15.4. The summed E-state index contributed by atoms with van der Waals surface area (Å²) in [4.78, 5) is 15.9. The molecule has 1 amide bonds. The Morgan fingerprint density at radius 1 is 1.50 bits per heavy atom. The minimum atomic E-state index is -3.59. The number of amides is 1. The number of hydrogen-bond acceptors (Lipinski definition) is 9. The number of sulfone groups is 1. The van der Waals surface area contributed by atoms with Crippen LogP contribution in [0.3, 0.4) is 0 Å². The van der Waals surface area contributed by atoms with Crippen molar-refractivity contribution in [1.29, 1.82) is 5.26 Å². The van der Waals surface area contributed by atoms with Crippen molar-refractivity contribution < 1.29 is 23.1 Å². The number of benzene rings is 1. The van der Waals surface area contributed by atoms with Crippen LogP contribution in [-0.4, -0.2) is 41.7 Å². The van der Waals surface area contributed by atoms with E-state index in [4.69, 9.17) is 4.74 Å². The van der Waals surface area contributed by atoms with Crippen LogP contribution in [0.1, 0.15) is 12.5 Å². The molecule has 0 aliphatic rings. The highest BCUT2D eigenvalue weighted by Gasteiger charge is 2.17. The van der Waals surface area contributed by atoms with Gasteiger partial charge in [-0.1, -0.05) is 6.07 Å². The average molecular weight is 394 g/mol. The number of carbonyl (C=O) groups excluding carboxylic acids is 1. The molecule has 2 aromatic rings. The molecule has 0 bridgehead atoms. The van der Waals surface area contributed by atoms with Gasteiger partial charge in [0.15, 0.2) is 11.5 Å². The number of ether oxygens (including phenoxy) is 1. The molecule has 0 unspecified atom stereocenters. The number of aromatic nitrogens is 2. The van der Waals surface area contributed by atoms with Crippen molar-refractivity contribution in [3.63, 3.8) is 0 Å². The molecule has 1 aromatic carbocycles. The van der Waals surface area contributed by atoms with Crippen LogP contribution < -0.4 is 10.1 Å². The van der Waals surface area contributed by atoms with Gasteiger partial charge >= 0.3 is 0 Å². The maximum Gasteiger partial charge on any atom is 0.268 e. The van der Waals surface area contributed by atoms with Crippen molar-refractivity contribution in [2.24, 2.45) is 0 Å². The standard InChI is InChI=1S/C15H14N4O5S2/c1-3-24-12-7-9(4-5-11(12)20)6-10(8-16)13(21)17-14-18-15(19-25-14)26(2,22)23/h4-7,20H,3H2,1-2H3,(H,17,18,19,21)/b10-6-. The Hall–Kier alpha value is -2.97. The Morgan fingerprint density at radius 3 is 2.81 bits per heavy atom. The van der Waals surface area contributed by atoms with E-state index in [2.05, 4.69) is 14.7 Å². The molecule has 0 saturated carbocycles. The van der Waals surface area contributed by atoms with Gasteiger partial charge < -0.3 is 9.84 Å². The molecule has 0 atom stereocenters. The maximum atomic E-state index is 12.2. The van der Waals surface area contributed by atoms with Crippen LogP contribution in [0.15, 0.2) is 28.9 Å². The molecular weight excluding hydrogens is 380 g/mol. The summed E-state index contributed by atoms with van der Waals surface area (Å²) in [5.41, 5.74) is 0.223. The topological polar surface area (TPSA) is 142 Å². The molecule has 26 heavy (non-hydrogen) atoms.